The highest BCUT2D eigenvalue weighted by Gasteiger charge is 2.20. The van der Waals surface area contributed by atoms with Crippen LogP contribution in [0.1, 0.15) is 12.5 Å². The van der Waals surface area contributed by atoms with Crippen LogP contribution >= 0.6 is 0 Å². The molecule has 1 N–H and O–H groups in total. The Morgan fingerprint density at radius 2 is 2.15 bits per heavy atom. The predicted molar refractivity (Wildman–Crippen MR) is 70.4 cm³/mol. The molecular formula is C13H13F2N3O2. The van der Waals surface area contributed by atoms with Gasteiger partial charge >= 0.3 is 0 Å². The highest BCUT2D eigenvalue weighted by Crippen LogP contribution is 2.29. The molecule has 0 unspecified atom stereocenters. The molecule has 5 nitrogen and oxygen atoms in total. The Bertz CT molecular complexity index is 641. The van der Waals surface area contributed by atoms with Gasteiger partial charge in [0, 0.05) is 31.5 Å². The van der Waals surface area contributed by atoms with Crippen molar-refractivity contribution in [2.24, 2.45) is 0 Å². The second-order valence-electron chi connectivity index (χ2n) is 4.24. The molecule has 1 aromatic heterocycles. The summed E-state index contributed by atoms with van der Waals surface area (Å²) >= 11 is 0. The summed E-state index contributed by atoms with van der Waals surface area (Å²) in [6.45, 7) is 2.99. The number of aromatic nitrogens is 1. The zero-order chi connectivity index (χ0) is 14.7. The van der Waals surface area contributed by atoms with Gasteiger partial charge in [0.05, 0.1) is 11.0 Å². The first-order chi connectivity index (χ1) is 9.51. The molecule has 2 aromatic rings. The summed E-state index contributed by atoms with van der Waals surface area (Å²) in [6.07, 6.45) is 3.70. The van der Waals surface area contributed by atoms with Crippen molar-refractivity contribution in [2.75, 3.05) is 5.32 Å². The highest BCUT2D eigenvalue weighted by atomic mass is 19.1. The molecule has 0 aliphatic heterocycles. The van der Waals surface area contributed by atoms with Crippen LogP contribution in [0.5, 0.6) is 0 Å². The molecule has 0 spiro atoms. The largest absolute Gasteiger partial charge is 0.373 e. The van der Waals surface area contributed by atoms with Gasteiger partial charge in [0.15, 0.2) is 5.82 Å². The number of hydrogen-bond donors (Lipinski definition) is 1. The van der Waals surface area contributed by atoms with Crippen LogP contribution in [-0.4, -0.2) is 9.49 Å². The van der Waals surface area contributed by atoms with Crippen LogP contribution in [0, 0.1) is 21.7 Å². The van der Waals surface area contributed by atoms with Crippen molar-refractivity contribution >= 4 is 11.4 Å². The fourth-order valence-electron chi connectivity index (χ4n) is 1.86. The molecule has 0 aliphatic rings. The number of benzene rings is 1. The molecule has 7 heteroatoms. The number of rotatable bonds is 5. The molecule has 0 saturated heterocycles. The predicted octanol–water partition coefficient (Wildman–Crippen LogP) is 3.31. The zero-order valence-corrected chi connectivity index (χ0v) is 10.8. The van der Waals surface area contributed by atoms with E-state index in [2.05, 4.69) is 5.32 Å². The summed E-state index contributed by atoms with van der Waals surface area (Å²) < 4.78 is 28.6. The third kappa shape index (κ3) is 2.93. The molecule has 106 valence electrons. The van der Waals surface area contributed by atoms with E-state index in [0.717, 1.165) is 12.1 Å². The van der Waals surface area contributed by atoms with Gasteiger partial charge in [0.25, 0.3) is 5.69 Å². The number of nitrogens with one attached hydrogen (secondary N) is 1. The van der Waals surface area contributed by atoms with Gasteiger partial charge in [-0.05, 0) is 18.6 Å². The third-order valence-electron chi connectivity index (χ3n) is 2.88. The van der Waals surface area contributed by atoms with E-state index in [9.17, 15) is 18.9 Å². The fraction of sp³-hybridized carbons (Fsp3) is 0.231. The molecule has 0 radical (unpaired) electrons. The number of hydrogen-bond acceptors (Lipinski definition) is 3. The summed E-state index contributed by atoms with van der Waals surface area (Å²) in [6, 6.07) is 3.14. The van der Waals surface area contributed by atoms with Gasteiger partial charge in [-0.15, -0.1) is 0 Å². The minimum atomic E-state index is -0.980. The quantitative estimate of drug-likeness (QED) is 0.675. The molecule has 1 heterocycles. The SMILES string of the molecule is CCn1ccc(CNc2c(F)cc(F)cc2[N+](=O)[O-])c1. The highest BCUT2D eigenvalue weighted by molar-refractivity contribution is 5.62. The van der Waals surface area contributed by atoms with Gasteiger partial charge in [-0.3, -0.25) is 10.1 Å². The maximum absolute atomic E-state index is 13.6. The summed E-state index contributed by atoms with van der Waals surface area (Å²) in [7, 11) is 0. The molecule has 20 heavy (non-hydrogen) atoms. The summed E-state index contributed by atoms with van der Waals surface area (Å²) in [5.41, 5.74) is -0.0667. The Hall–Kier alpha value is -2.44. The Balaban J connectivity index is 2.22. The Morgan fingerprint density at radius 3 is 2.75 bits per heavy atom. The Morgan fingerprint density at radius 1 is 1.40 bits per heavy atom. The van der Waals surface area contributed by atoms with Crippen molar-refractivity contribution in [2.45, 2.75) is 20.0 Å². The van der Waals surface area contributed by atoms with E-state index in [1.54, 1.807) is 0 Å². The van der Waals surface area contributed by atoms with Crippen molar-refractivity contribution in [3.05, 3.63) is 57.9 Å². The van der Waals surface area contributed by atoms with Gasteiger partial charge < -0.3 is 9.88 Å². The molecule has 2 rings (SSSR count). The summed E-state index contributed by atoms with van der Waals surface area (Å²) in [5, 5.41) is 13.5. The fourth-order valence-corrected chi connectivity index (χ4v) is 1.86. The lowest BCUT2D eigenvalue weighted by atomic mass is 10.2. The van der Waals surface area contributed by atoms with Crippen LogP contribution in [-0.2, 0) is 13.1 Å². The number of anilines is 1. The van der Waals surface area contributed by atoms with E-state index < -0.39 is 22.2 Å². The second kappa shape index (κ2) is 5.68. The van der Waals surface area contributed by atoms with Gasteiger partial charge in [-0.1, -0.05) is 0 Å². The lowest BCUT2D eigenvalue weighted by Crippen LogP contribution is -2.05. The average molecular weight is 281 g/mol. The van der Waals surface area contributed by atoms with E-state index in [-0.39, 0.29) is 12.2 Å². The van der Waals surface area contributed by atoms with Crippen LogP contribution < -0.4 is 5.32 Å². The number of nitro benzene ring substituents is 1. The minimum absolute atomic E-state index is 0.219. The molecule has 0 fully saturated rings. The number of aryl methyl sites for hydroxylation is 1. The smallest absolute Gasteiger partial charge is 0.298 e. The topological polar surface area (TPSA) is 60.1 Å². The van der Waals surface area contributed by atoms with Crippen molar-refractivity contribution in [1.82, 2.24) is 4.57 Å². The monoisotopic (exact) mass is 281 g/mol. The average Bonchev–Trinajstić information content (AvgIpc) is 2.84. The molecule has 1 aromatic carbocycles. The van der Waals surface area contributed by atoms with Crippen LogP contribution in [0.25, 0.3) is 0 Å². The maximum atomic E-state index is 13.6. The van der Waals surface area contributed by atoms with Gasteiger partial charge in [-0.25, -0.2) is 8.78 Å². The number of halogens is 2. The Kier molecular flexibility index (Phi) is 3.97. The van der Waals surface area contributed by atoms with Gasteiger partial charge in [0.2, 0.25) is 0 Å². The van der Waals surface area contributed by atoms with Crippen molar-refractivity contribution in [3.63, 3.8) is 0 Å². The van der Waals surface area contributed by atoms with Crippen LogP contribution in [0.4, 0.5) is 20.2 Å². The van der Waals surface area contributed by atoms with Crippen molar-refractivity contribution in [3.8, 4) is 0 Å². The minimum Gasteiger partial charge on any atom is -0.373 e. The maximum Gasteiger partial charge on any atom is 0.298 e. The second-order valence-corrected chi connectivity index (χ2v) is 4.24. The summed E-state index contributed by atoms with van der Waals surface area (Å²) in [5.74, 6) is -1.96. The first-order valence-corrected chi connectivity index (χ1v) is 6.03. The van der Waals surface area contributed by atoms with Crippen molar-refractivity contribution < 1.29 is 13.7 Å². The van der Waals surface area contributed by atoms with Crippen molar-refractivity contribution in [1.29, 1.82) is 0 Å². The van der Waals surface area contributed by atoms with Gasteiger partial charge in [-0.2, -0.15) is 0 Å². The molecular weight excluding hydrogens is 268 g/mol. The van der Waals surface area contributed by atoms with Crippen LogP contribution in [0.15, 0.2) is 30.6 Å². The van der Waals surface area contributed by atoms with E-state index in [1.807, 2.05) is 30.0 Å². The van der Waals surface area contributed by atoms with Crippen LogP contribution in [0.3, 0.4) is 0 Å². The van der Waals surface area contributed by atoms with Crippen LogP contribution in [0.2, 0.25) is 0 Å². The number of nitro groups is 1. The standard InChI is InChI=1S/C13H13F2N3O2/c1-2-17-4-3-9(8-17)7-16-13-11(15)5-10(14)6-12(13)18(19)20/h3-6,8,16H,2,7H2,1H3. The van der Waals surface area contributed by atoms with E-state index in [1.165, 1.54) is 0 Å². The zero-order valence-electron chi connectivity index (χ0n) is 10.8. The lowest BCUT2D eigenvalue weighted by molar-refractivity contribution is -0.384. The normalized spacial score (nSPS) is 10.6. The van der Waals surface area contributed by atoms with Gasteiger partial charge in [0.1, 0.15) is 11.5 Å². The molecule has 0 bridgehead atoms. The first kappa shape index (κ1) is 14.0. The van der Waals surface area contributed by atoms with E-state index in [0.29, 0.717) is 12.1 Å². The Labute approximate surface area is 114 Å². The lowest BCUT2D eigenvalue weighted by Gasteiger charge is -2.07. The van der Waals surface area contributed by atoms with E-state index in [4.69, 9.17) is 0 Å². The molecule has 0 saturated carbocycles. The van der Waals surface area contributed by atoms with E-state index >= 15 is 0 Å². The molecule has 0 aliphatic carbocycles. The molecule has 0 atom stereocenters. The molecule has 0 amide bonds. The first-order valence-electron chi connectivity index (χ1n) is 6.03. The third-order valence-corrected chi connectivity index (χ3v) is 2.88. The number of nitrogens with zero attached hydrogens (tertiary/aromatic N) is 2. The summed E-state index contributed by atoms with van der Waals surface area (Å²) in [4.78, 5) is 10.0.